The van der Waals surface area contributed by atoms with Crippen LogP contribution in [0.15, 0.2) is 30.3 Å². The number of carbonyl (C=O) groups is 2. The molecule has 0 aliphatic rings. The second kappa shape index (κ2) is 6.36. The minimum absolute atomic E-state index is 0.0514. The predicted octanol–water partition coefficient (Wildman–Crippen LogP) is 2.19. The standard InChI is InChI=1S/C14H14N2O4S/c1-9-12(14(18)19)13(21-15-9)16(2)11(17)8-20-10-6-4-3-5-7-10/h3-7H,8H2,1-2H3,(H,18,19). The van der Waals surface area contributed by atoms with Crippen LogP contribution in [-0.2, 0) is 4.79 Å². The number of rotatable bonds is 5. The van der Waals surface area contributed by atoms with Crippen LogP contribution in [-0.4, -0.2) is 35.0 Å². The maximum Gasteiger partial charge on any atom is 0.340 e. The van der Waals surface area contributed by atoms with Crippen molar-refractivity contribution in [2.24, 2.45) is 0 Å². The van der Waals surface area contributed by atoms with Crippen molar-refractivity contribution >= 4 is 28.4 Å². The Labute approximate surface area is 125 Å². The van der Waals surface area contributed by atoms with E-state index < -0.39 is 5.97 Å². The number of ether oxygens (including phenoxy) is 1. The summed E-state index contributed by atoms with van der Waals surface area (Å²) < 4.78 is 9.35. The molecule has 0 saturated carbocycles. The first-order chi connectivity index (χ1) is 10.0. The van der Waals surface area contributed by atoms with Gasteiger partial charge in [0.1, 0.15) is 16.3 Å². The molecule has 0 spiro atoms. The van der Waals surface area contributed by atoms with Gasteiger partial charge in [-0.3, -0.25) is 4.79 Å². The van der Waals surface area contributed by atoms with Crippen LogP contribution in [0.3, 0.4) is 0 Å². The molecule has 0 aliphatic heterocycles. The van der Waals surface area contributed by atoms with E-state index in [1.54, 1.807) is 31.2 Å². The highest BCUT2D eigenvalue weighted by Gasteiger charge is 2.24. The van der Waals surface area contributed by atoms with E-state index in [4.69, 9.17) is 4.74 Å². The molecular weight excluding hydrogens is 292 g/mol. The monoisotopic (exact) mass is 306 g/mol. The van der Waals surface area contributed by atoms with Crippen molar-refractivity contribution in [1.82, 2.24) is 4.37 Å². The normalized spacial score (nSPS) is 10.2. The molecule has 2 rings (SSSR count). The van der Waals surface area contributed by atoms with Crippen LogP contribution < -0.4 is 9.64 Å². The van der Waals surface area contributed by atoms with Crippen molar-refractivity contribution in [3.05, 3.63) is 41.6 Å². The van der Waals surface area contributed by atoms with Gasteiger partial charge >= 0.3 is 5.97 Å². The summed E-state index contributed by atoms with van der Waals surface area (Å²) in [5, 5.41) is 9.48. The molecule has 1 aromatic heterocycles. The molecule has 1 amide bonds. The molecule has 1 N–H and O–H groups in total. The summed E-state index contributed by atoms with van der Waals surface area (Å²) in [5.41, 5.74) is 0.446. The molecular formula is C14H14N2O4S. The quantitative estimate of drug-likeness (QED) is 0.916. The number of anilines is 1. The first kappa shape index (κ1) is 15.0. The van der Waals surface area contributed by atoms with Gasteiger partial charge in [0.05, 0.1) is 5.69 Å². The second-order valence-corrected chi connectivity index (χ2v) is 5.06. The number of aromatic carboxylic acids is 1. The van der Waals surface area contributed by atoms with Crippen LogP contribution >= 0.6 is 11.5 Å². The highest BCUT2D eigenvalue weighted by Crippen LogP contribution is 2.27. The highest BCUT2D eigenvalue weighted by molar-refractivity contribution is 7.11. The van der Waals surface area contributed by atoms with Crippen molar-refractivity contribution in [2.45, 2.75) is 6.92 Å². The molecule has 1 aromatic carbocycles. The van der Waals surface area contributed by atoms with Crippen LogP contribution in [0.1, 0.15) is 16.1 Å². The summed E-state index contributed by atoms with van der Waals surface area (Å²) >= 11 is 0.981. The molecule has 0 unspecified atom stereocenters. The number of carboxylic acids is 1. The van der Waals surface area contributed by atoms with Gasteiger partial charge in [-0.1, -0.05) is 18.2 Å². The molecule has 0 bridgehead atoms. The smallest absolute Gasteiger partial charge is 0.340 e. The first-order valence-corrected chi connectivity index (χ1v) is 6.92. The molecule has 2 aromatic rings. The molecule has 7 heteroatoms. The number of likely N-dealkylation sites (N-methyl/N-ethyl adjacent to an activating group) is 1. The van der Waals surface area contributed by atoms with E-state index in [0.29, 0.717) is 16.4 Å². The minimum Gasteiger partial charge on any atom is -0.484 e. The third-order valence-corrected chi connectivity index (χ3v) is 3.86. The van der Waals surface area contributed by atoms with E-state index in [2.05, 4.69) is 4.37 Å². The van der Waals surface area contributed by atoms with Crippen molar-refractivity contribution < 1.29 is 19.4 Å². The predicted molar refractivity (Wildman–Crippen MR) is 79.2 cm³/mol. The Morgan fingerprint density at radius 2 is 2.00 bits per heavy atom. The number of amides is 1. The number of aryl methyl sites for hydroxylation is 1. The van der Waals surface area contributed by atoms with E-state index in [1.165, 1.54) is 11.9 Å². The average molecular weight is 306 g/mol. The number of benzene rings is 1. The molecule has 0 atom stereocenters. The Bertz CT molecular complexity index is 654. The molecule has 21 heavy (non-hydrogen) atoms. The van der Waals surface area contributed by atoms with Gasteiger partial charge in [0.15, 0.2) is 6.61 Å². The molecule has 110 valence electrons. The van der Waals surface area contributed by atoms with Gasteiger partial charge in [-0.25, -0.2) is 4.79 Å². The van der Waals surface area contributed by atoms with Crippen LogP contribution in [0.2, 0.25) is 0 Å². The maximum absolute atomic E-state index is 12.1. The Hall–Kier alpha value is -2.41. The summed E-state index contributed by atoms with van der Waals surface area (Å²) in [6, 6.07) is 8.94. The summed E-state index contributed by atoms with van der Waals surface area (Å²) in [6.45, 7) is 1.43. The van der Waals surface area contributed by atoms with E-state index in [9.17, 15) is 14.7 Å². The fourth-order valence-electron chi connectivity index (χ4n) is 1.70. The van der Waals surface area contributed by atoms with Crippen molar-refractivity contribution in [3.63, 3.8) is 0 Å². The molecule has 0 saturated heterocycles. The summed E-state index contributed by atoms with van der Waals surface area (Å²) in [7, 11) is 1.51. The van der Waals surface area contributed by atoms with Gasteiger partial charge in [-0.2, -0.15) is 4.37 Å². The van der Waals surface area contributed by atoms with Gasteiger partial charge in [-0.15, -0.1) is 0 Å². The van der Waals surface area contributed by atoms with Crippen LogP contribution in [0.4, 0.5) is 5.00 Å². The Morgan fingerprint density at radius 3 is 2.62 bits per heavy atom. The van der Waals surface area contributed by atoms with Gasteiger partial charge < -0.3 is 14.7 Å². The number of carbonyl (C=O) groups excluding carboxylic acids is 1. The molecule has 0 fully saturated rings. The molecule has 1 heterocycles. The fraction of sp³-hybridized carbons (Fsp3) is 0.214. The number of hydrogen-bond donors (Lipinski definition) is 1. The van der Waals surface area contributed by atoms with Crippen LogP contribution in [0.25, 0.3) is 0 Å². The molecule has 0 aliphatic carbocycles. The number of para-hydroxylation sites is 1. The second-order valence-electron chi connectivity index (χ2n) is 4.31. The SMILES string of the molecule is Cc1nsc(N(C)C(=O)COc2ccccc2)c1C(=O)O. The summed E-state index contributed by atoms with van der Waals surface area (Å²) in [4.78, 5) is 24.6. The zero-order valence-corrected chi connectivity index (χ0v) is 12.4. The van der Waals surface area contributed by atoms with E-state index in [0.717, 1.165) is 11.5 Å². The lowest BCUT2D eigenvalue weighted by Crippen LogP contribution is -2.31. The number of hydrogen-bond acceptors (Lipinski definition) is 5. The van der Waals surface area contributed by atoms with Crippen molar-refractivity contribution in [1.29, 1.82) is 0 Å². The lowest BCUT2D eigenvalue weighted by atomic mass is 10.2. The number of carboxylic acid groups (broad SMARTS) is 1. The lowest BCUT2D eigenvalue weighted by molar-refractivity contribution is -0.120. The number of aromatic nitrogens is 1. The van der Waals surface area contributed by atoms with Gasteiger partial charge in [0.2, 0.25) is 0 Å². The minimum atomic E-state index is -1.10. The van der Waals surface area contributed by atoms with Crippen LogP contribution in [0, 0.1) is 6.92 Å². The first-order valence-electron chi connectivity index (χ1n) is 6.14. The average Bonchev–Trinajstić information content (AvgIpc) is 2.87. The zero-order valence-electron chi connectivity index (χ0n) is 11.6. The number of nitrogens with zero attached hydrogens (tertiary/aromatic N) is 2. The topological polar surface area (TPSA) is 79.7 Å². The van der Waals surface area contributed by atoms with Gasteiger partial charge in [0.25, 0.3) is 5.91 Å². The third kappa shape index (κ3) is 3.38. The van der Waals surface area contributed by atoms with Gasteiger partial charge in [0, 0.05) is 7.05 Å². The maximum atomic E-state index is 12.1. The summed E-state index contributed by atoms with van der Waals surface area (Å²) in [6.07, 6.45) is 0. The van der Waals surface area contributed by atoms with Crippen LogP contribution in [0.5, 0.6) is 5.75 Å². The zero-order chi connectivity index (χ0) is 15.4. The van der Waals surface area contributed by atoms with Crippen molar-refractivity contribution in [2.75, 3.05) is 18.6 Å². The Morgan fingerprint density at radius 1 is 1.33 bits per heavy atom. The largest absolute Gasteiger partial charge is 0.484 e. The Balaban J connectivity index is 2.08. The highest BCUT2D eigenvalue weighted by atomic mass is 32.1. The van der Waals surface area contributed by atoms with E-state index in [1.807, 2.05) is 6.07 Å². The summed E-state index contributed by atoms with van der Waals surface area (Å²) in [5.74, 6) is -0.858. The molecule has 6 nitrogen and oxygen atoms in total. The van der Waals surface area contributed by atoms with Crippen molar-refractivity contribution in [3.8, 4) is 5.75 Å². The van der Waals surface area contributed by atoms with E-state index in [-0.39, 0.29) is 18.1 Å². The lowest BCUT2D eigenvalue weighted by Gasteiger charge is -2.16. The fourth-order valence-corrected chi connectivity index (χ4v) is 2.57. The Kier molecular flexibility index (Phi) is 4.54. The molecule has 0 radical (unpaired) electrons. The van der Waals surface area contributed by atoms with E-state index >= 15 is 0 Å². The van der Waals surface area contributed by atoms with Gasteiger partial charge in [-0.05, 0) is 30.6 Å². The third-order valence-electron chi connectivity index (χ3n) is 2.84.